The SMILES string of the molecule is CC[C@H](C)NC(=O)[C@H](NC(=O)c1ccccc1Cl)C1CCN(C(=O)Nc2cccc(Cl)c2)CC1. The first-order valence-electron chi connectivity index (χ1n) is 11.5. The highest BCUT2D eigenvalue weighted by atomic mass is 35.5. The van der Waals surface area contributed by atoms with Crippen molar-refractivity contribution in [3.63, 3.8) is 0 Å². The maximum absolute atomic E-state index is 13.1. The highest BCUT2D eigenvalue weighted by Crippen LogP contribution is 2.24. The van der Waals surface area contributed by atoms with Gasteiger partial charge in [0.15, 0.2) is 0 Å². The number of halogens is 2. The summed E-state index contributed by atoms with van der Waals surface area (Å²) in [5.41, 5.74) is 0.946. The molecule has 1 aliphatic heterocycles. The Hall–Kier alpha value is -2.77. The molecule has 1 saturated heterocycles. The summed E-state index contributed by atoms with van der Waals surface area (Å²) in [4.78, 5) is 40.4. The fraction of sp³-hybridized carbons (Fsp3) is 0.400. The van der Waals surface area contributed by atoms with Gasteiger partial charge in [-0.2, -0.15) is 0 Å². The molecule has 3 rings (SSSR count). The predicted molar refractivity (Wildman–Crippen MR) is 135 cm³/mol. The van der Waals surface area contributed by atoms with Gasteiger partial charge in [0.05, 0.1) is 10.6 Å². The zero-order chi connectivity index (χ0) is 24.7. The van der Waals surface area contributed by atoms with Crippen molar-refractivity contribution in [2.45, 2.75) is 45.2 Å². The van der Waals surface area contributed by atoms with Gasteiger partial charge in [-0.15, -0.1) is 0 Å². The van der Waals surface area contributed by atoms with Crippen molar-refractivity contribution < 1.29 is 14.4 Å². The van der Waals surface area contributed by atoms with Crippen LogP contribution in [0.2, 0.25) is 10.0 Å². The standard InChI is InChI=1S/C25H30Cl2N4O3/c1-3-16(2)28-24(33)22(30-23(32)20-9-4-5-10-21(20)27)17-11-13-31(14-12-17)25(34)29-19-8-6-7-18(26)15-19/h4-10,15-17,22H,3,11-14H2,1-2H3,(H,28,33)(H,29,34)(H,30,32)/t16-,22+/m0/s1. The van der Waals surface area contributed by atoms with Crippen LogP contribution in [0.4, 0.5) is 10.5 Å². The van der Waals surface area contributed by atoms with Gasteiger partial charge in [0.1, 0.15) is 6.04 Å². The summed E-state index contributed by atoms with van der Waals surface area (Å²) in [6.07, 6.45) is 1.92. The fourth-order valence-corrected chi connectivity index (χ4v) is 4.31. The lowest BCUT2D eigenvalue weighted by atomic mass is 9.88. The van der Waals surface area contributed by atoms with Crippen LogP contribution < -0.4 is 16.0 Å². The maximum Gasteiger partial charge on any atom is 0.321 e. The van der Waals surface area contributed by atoms with Crippen molar-refractivity contribution in [1.82, 2.24) is 15.5 Å². The number of likely N-dealkylation sites (tertiary alicyclic amines) is 1. The number of benzene rings is 2. The minimum atomic E-state index is -0.726. The summed E-state index contributed by atoms with van der Waals surface area (Å²) >= 11 is 12.2. The average molecular weight is 505 g/mol. The van der Waals surface area contributed by atoms with Crippen LogP contribution in [0.1, 0.15) is 43.5 Å². The lowest BCUT2D eigenvalue weighted by molar-refractivity contribution is -0.125. The number of urea groups is 1. The Morgan fingerprint density at radius 2 is 1.74 bits per heavy atom. The van der Waals surface area contributed by atoms with E-state index in [2.05, 4.69) is 16.0 Å². The summed E-state index contributed by atoms with van der Waals surface area (Å²) in [5.74, 6) is -0.738. The van der Waals surface area contributed by atoms with Crippen LogP contribution in [0.5, 0.6) is 0 Å². The van der Waals surface area contributed by atoms with Gasteiger partial charge >= 0.3 is 6.03 Å². The number of nitrogens with one attached hydrogen (secondary N) is 3. The van der Waals surface area contributed by atoms with Gasteiger partial charge < -0.3 is 20.9 Å². The molecular weight excluding hydrogens is 475 g/mol. The Morgan fingerprint density at radius 3 is 2.38 bits per heavy atom. The van der Waals surface area contributed by atoms with Crippen LogP contribution in [0.25, 0.3) is 0 Å². The van der Waals surface area contributed by atoms with Crippen LogP contribution in [-0.2, 0) is 4.79 Å². The molecule has 9 heteroatoms. The van der Waals surface area contributed by atoms with Crippen molar-refractivity contribution in [1.29, 1.82) is 0 Å². The van der Waals surface area contributed by atoms with Crippen LogP contribution >= 0.6 is 23.2 Å². The molecule has 7 nitrogen and oxygen atoms in total. The van der Waals surface area contributed by atoms with E-state index in [4.69, 9.17) is 23.2 Å². The number of anilines is 1. The van der Waals surface area contributed by atoms with E-state index in [0.717, 1.165) is 6.42 Å². The van der Waals surface area contributed by atoms with E-state index in [1.165, 1.54) is 0 Å². The molecule has 34 heavy (non-hydrogen) atoms. The average Bonchev–Trinajstić information content (AvgIpc) is 2.82. The molecule has 0 radical (unpaired) electrons. The number of carbonyl (C=O) groups is 3. The number of nitrogens with zero attached hydrogens (tertiary/aromatic N) is 1. The lowest BCUT2D eigenvalue weighted by Gasteiger charge is -2.36. The number of hydrogen-bond donors (Lipinski definition) is 3. The predicted octanol–water partition coefficient (Wildman–Crippen LogP) is 4.95. The first-order chi connectivity index (χ1) is 16.3. The number of carbonyl (C=O) groups excluding carboxylic acids is 3. The first-order valence-corrected chi connectivity index (χ1v) is 12.2. The second-order valence-corrected chi connectivity index (χ2v) is 9.36. The molecule has 1 heterocycles. The molecule has 1 aliphatic rings. The summed E-state index contributed by atoms with van der Waals surface area (Å²) in [5, 5.41) is 9.59. The zero-order valence-electron chi connectivity index (χ0n) is 19.3. The minimum absolute atomic E-state index is 0.0178. The second kappa shape index (κ2) is 12.1. The molecule has 3 N–H and O–H groups in total. The van der Waals surface area contributed by atoms with Gasteiger partial charge in [0, 0.05) is 29.8 Å². The van der Waals surface area contributed by atoms with Crippen LogP contribution in [0.3, 0.4) is 0 Å². The van der Waals surface area contributed by atoms with Crippen molar-refractivity contribution in [3.8, 4) is 0 Å². The Labute approximate surface area is 210 Å². The topological polar surface area (TPSA) is 90.5 Å². The van der Waals surface area contributed by atoms with E-state index in [1.54, 1.807) is 53.4 Å². The largest absolute Gasteiger partial charge is 0.352 e. The van der Waals surface area contributed by atoms with E-state index in [0.29, 0.717) is 47.2 Å². The Bertz CT molecular complexity index is 1020. The highest BCUT2D eigenvalue weighted by Gasteiger charge is 2.34. The molecule has 0 unspecified atom stereocenters. The molecular formula is C25H30Cl2N4O3. The molecule has 0 bridgehead atoms. The minimum Gasteiger partial charge on any atom is -0.352 e. The van der Waals surface area contributed by atoms with Crippen LogP contribution in [0, 0.1) is 5.92 Å². The summed E-state index contributed by atoms with van der Waals surface area (Å²) in [6.45, 7) is 4.84. The molecule has 0 aromatic heterocycles. The van der Waals surface area contributed by atoms with Gasteiger partial charge in [-0.1, -0.05) is 48.3 Å². The van der Waals surface area contributed by atoms with Gasteiger partial charge in [-0.3, -0.25) is 9.59 Å². The highest BCUT2D eigenvalue weighted by molar-refractivity contribution is 6.33. The maximum atomic E-state index is 13.1. The molecule has 0 aliphatic carbocycles. The quantitative estimate of drug-likeness (QED) is 0.498. The molecule has 182 valence electrons. The zero-order valence-corrected chi connectivity index (χ0v) is 20.8. The van der Waals surface area contributed by atoms with E-state index in [9.17, 15) is 14.4 Å². The van der Waals surface area contributed by atoms with E-state index in [-0.39, 0.29) is 23.9 Å². The van der Waals surface area contributed by atoms with Gasteiger partial charge in [0.25, 0.3) is 5.91 Å². The van der Waals surface area contributed by atoms with E-state index < -0.39 is 11.9 Å². The summed E-state index contributed by atoms with van der Waals surface area (Å²) in [7, 11) is 0. The summed E-state index contributed by atoms with van der Waals surface area (Å²) < 4.78 is 0. The van der Waals surface area contributed by atoms with Crippen molar-refractivity contribution >= 4 is 46.7 Å². The molecule has 0 saturated carbocycles. The number of piperidine rings is 1. The first kappa shape index (κ1) is 25.8. The third kappa shape index (κ3) is 6.87. The van der Waals surface area contributed by atoms with Gasteiger partial charge in [-0.05, 0) is 62.4 Å². The Kier molecular flexibility index (Phi) is 9.19. The summed E-state index contributed by atoms with van der Waals surface area (Å²) in [6, 6.07) is 12.8. The third-order valence-electron chi connectivity index (χ3n) is 6.06. The van der Waals surface area contributed by atoms with E-state index >= 15 is 0 Å². The Balaban J connectivity index is 1.66. The number of hydrogen-bond acceptors (Lipinski definition) is 3. The Morgan fingerprint density at radius 1 is 1.03 bits per heavy atom. The van der Waals surface area contributed by atoms with Crippen LogP contribution in [0.15, 0.2) is 48.5 Å². The normalized spacial score (nSPS) is 15.8. The molecule has 4 amide bonds. The molecule has 1 fully saturated rings. The number of rotatable bonds is 7. The smallest absolute Gasteiger partial charge is 0.321 e. The van der Waals surface area contributed by atoms with E-state index in [1.807, 2.05) is 13.8 Å². The second-order valence-electron chi connectivity index (χ2n) is 8.51. The van der Waals surface area contributed by atoms with Gasteiger partial charge in [-0.25, -0.2) is 4.79 Å². The molecule has 2 atom stereocenters. The van der Waals surface area contributed by atoms with Gasteiger partial charge in [0.2, 0.25) is 5.91 Å². The third-order valence-corrected chi connectivity index (χ3v) is 6.63. The molecule has 2 aromatic carbocycles. The van der Waals surface area contributed by atoms with Crippen molar-refractivity contribution in [3.05, 3.63) is 64.1 Å². The van der Waals surface area contributed by atoms with Crippen molar-refractivity contribution in [2.75, 3.05) is 18.4 Å². The lowest BCUT2D eigenvalue weighted by Crippen LogP contribution is -2.55. The molecule has 2 aromatic rings. The fourth-order valence-electron chi connectivity index (χ4n) is 3.90. The molecule has 0 spiro atoms. The number of amides is 4. The van der Waals surface area contributed by atoms with Crippen molar-refractivity contribution in [2.24, 2.45) is 5.92 Å². The van der Waals surface area contributed by atoms with Crippen LogP contribution in [-0.4, -0.2) is 47.9 Å². The monoisotopic (exact) mass is 504 g/mol.